The van der Waals surface area contributed by atoms with E-state index in [2.05, 4.69) is 0 Å². The smallest absolute Gasteiger partial charge is 0.194 e. The molecule has 0 aromatic heterocycles. The maximum Gasteiger partial charge on any atom is 0.194 e. The summed E-state index contributed by atoms with van der Waals surface area (Å²) in [5.41, 5.74) is 0.160. The molecule has 1 rings (SSSR count). The lowest BCUT2D eigenvalue weighted by molar-refractivity contribution is 0.0776. The van der Waals surface area contributed by atoms with Crippen molar-refractivity contribution in [2.45, 2.75) is 13.0 Å². The molecule has 1 unspecified atom stereocenters. The quantitative estimate of drug-likeness (QED) is 0.643. The van der Waals surface area contributed by atoms with Crippen LogP contribution in [-0.2, 0) is 0 Å². The number of aliphatic hydroxyl groups excluding tert-OH is 1. The fraction of sp³-hybridized carbons (Fsp3) is 0.222. The third-order valence-corrected chi connectivity index (χ3v) is 1.55. The van der Waals surface area contributed by atoms with Gasteiger partial charge in [-0.05, 0) is 19.1 Å². The average Bonchev–Trinajstić information content (AvgIpc) is 2.04. The van der Waals surface area contributed by atoms with Crippen LogP contribution in [0.4, 0.5) is 0 Å². The third-order valence-electron chi connectivity index (χ3n) is 1.55. The monoisotopic (exact) mass is 166 g/mol. The van der Waals surface area contributed by atoms with Gasteiger partial charge in [0.25, 0.3) is 0 Å². The molecule has 0 radical (unpaired) electrons. The molecule has 0 amide bonds. The molecule has 1 atom stereocenters. The summed E-state index contributed by atoms with van der Waals surface area (Å²) in [5, 5.41) is 18.1. The summed E-state index contributed by atoms with van der Waals surface area (Å²) in [6.45, 7) is 1.37. The van der Waals surface area contributed by atoms with Crippen molar-refractivity contribution in [3.05, 3.63) is 29.8 Å². The van der Waals surface area contributed by atoms with Gasteiger partial charge in [-0.25, -0.2) is 0 Å². The molecular weight excluding hydrogens is 156 g/mol. The van der Waals surface area contributed by atoms with Crippen LogP contribution in [0.5, 0.6) is 5.75 Å². The van der Waals surface area contributed by atoms with Gasteiger partial charge in [0, 0.05) is 0 Å². The fourth-order valence-electron chi connectivity index (χ4n) is 0.907. The van der Waals surface area contributed by atoms with E-state index >= 15 is 0 Å². The van der Waals surface area contributed by atoms with Crippen molar-refractivity contribution in [2.75, 3.05) is 0 Å². The van der Waals surface area contributed by atoms with Gasteiger partial charge in [-0.2, -0.15) is 0 Å². The second kappa shape index (κ2) is 3.36. The Morgan fingerprint density at radius 3 is 2.50 bits per heavy atom. The van der Waals surface area contributed by atoms with Gasteiger partial charge >= 0.3 is 0 Å². The summed E-state index contributed by atoms with van der Waals surface area (Å²) in [6, 6.07) is 6.14. The van der Waals surface area contributed by atoms with Crippen LogP contribution >= 0.6 is 0 Å². The number of phenolic OH excluding ortho intramolecular Hbond substituents is 1. The number of benzene rings is 1. The minimum Gasteiger partial charge on any atom is -0.507 e. The molecule has 0 saturated heterocycles. The number of hydrogen-bond donors (Lipinski definition) is 2. The molecule has 1 aromatic carbocycles. The van der Waals surface area contributed by atoms with Crippen molar-refractivity contribution in [1.82, 2.24) is 0 Å². The number of Topliss-reactive ketones (excluding diaryl/α,β-unsaturated/α-hetero) is 1. The lowest BCUT2D eigenvalue weighted by Gasteiger charge is -2.04. The Morgan fingerprint density at radius 1 is 1.42 bits per heavy atom. The molecule has 0 spiro atoms. The van der Waals surface area contributed by atoms with Gasteiger partial charge in [-0.1, -0.05) is 12.1 Å². The van der Waals surface area contributed by atoms with Gasteiger partial charge in [-0.3, -0.25) is 4.79 Å². The Morgan fingerprint density at radius 2 is 2.00 bits per heavy atom. The van der Waals surface area contributed by atoms with Crippen molar-refractivity contribution in [2.24, 2.45) is 0 Å². The number of para-hydroxylation sites is 1. The average molecular weight is 166 g/mol. The first-order valence-electron chi connectivity index (χ1n) is 3.63. The maximum atomic E-state index is 11.2. The molecule has 0 bridgehead atoms. The Kier molecular flexibility index (Phi) is 2.45. The zero-order valence-corrected chi connectivity index (χ0v) is 6.69. The summed E-state index contributed by atoms with van der Waals surface area (Å²) >= 11 is 0. The number of ketones is 1. The van der Waals surface area contributed by atoms with Crippen LogP contribution in [0.25, 0.3) is 0 Å². The number of carbonyl (C=O) groups is 1. The third kappa shape index (κ3) is 1.62. The van der Waals surface area contributed by atoms with E-state index in [-0.39, 0.29) is 11.3 Å². The molecule has 1 aromatic rings. The summed E-state index contributed by atoms with van der Waals surface area (Å²) < 4.78 is 0. The fourth-order valence-corrected chi connectivity index (χ4v) is 0.907. The molecule has 12 heavy (non-hydrogen) atoms. The van der Waals surface area contributed by atoms with E-state index in [0.717, 1.165) is 0 Å². The van der Waals surface area contributed by atoms with Crippen LogP contribution < -0.4 is 0 Å². The number of aliphatic hydroxyl groups is 1. The highest BCUT2D eigenvalue weighted by Gasteiger charge is 2.14. The Labute approximate surface area is 70.3 Å². The van der Waals surface area contributed by atoms with Gasteiger partial charge in [0.1, 0.15) is 11.9 Å². The molecule has 2 N–H and O–H groups in total. The predicted molar refractivity (Wildman–Crippen MR) is 44.1 cm³/mol. The number of rotatable bonds is 2. The normalized spacial score (nSPS) is 12.5. The number of hydrogen-bond acceptors (Lipinski definition) is 3. The van der Waals surface area contributed by atoms with E-state index < -0.39 is 11.9 Å². The zero-order chi connectivity index (χ0) is 9.14. The van der Waals surface area contributed by atoms with Gasteiger partial charge in [0.15, 0.2) is 5.78 Å². The summed E-state index contributed by atoms with van der Waals surface area (Å²) in [4.78, 5) is 11.2. The van der Waals surface area contributed by atoms with Gasteiger partial charge < -0.3 is 10.2 Å². The lowest BCUT2D eigenvalue weighted by Crippen LogP contribution is -2.15. The zero-order valence-electron chi connectivity index (χ0n) is 6.69. The highest BCUT2D eigenvalue weighted by atomic mass is 16.3. The van der Waals surface area contributed by atoms with E-state index in [4.69, 9.17) is 5.11 Å². The lowest BCUT2D eigenvalue weighted by atomic mass is 10.1. The largest absolute Gasteiger partial charge is 0.507 e. The molecule has 0 saturated carbocycles. The number of phenols is 1. The molecule has 0 fully saturated rings. The molecule has 3 nitrogen and oxygen atoms in total. The van der Waals surface area contributed by atoms with Crippen molar-refractivity contribution < 1.29 is 15.0 Å². The van der Waals surface area contributed by atoms with E-state index in [9.17, 15) is 9.90 Å². The van der Waals surface area contributed by atoms with Crippen molar-refractivity contribution in [3.63, 3.8) is 0 Å². The van der Waals surface area contributed by atoms with Crippen LogP contribution in [0.1, 0.15) is 17.3 Å². The summed E-state index contributed by atoms with van der Waals surface area (Å²) in [6.07, 6.45) is -1.07. The minimum atomic E-state index is -1.07. The van der Waals surface area contributed by atoms with E-state index in [1.165, 1.54) is 19.1 Å². The van der Waals surface area contributed by atoms with E-state index in [0.29, 0.717) is 0 Å². The van der Waals surface area contributed by atoms with Crippen LogP contribution in [0, 0.1) is 0 Å². The Bertz CT molecular complexity index is 292. The molecule has 3 heteroatoms. The number of aromatic hydroxyl groups is 1. The number of carbonyl (C=O) groups excluding carboxylic acids is 1. The maximum absolute atomic E-state index is 11.2. The Hall–Kier alpha value is -1.35. The molecule has 0 aliphatic heterocycles. The highest BCUT2D eigenvalue weighted by molar-refractivity contribution is 6.01. The Balaban J connectivity index is 3.03. The molecule has 0 heterocycles. The second-order valence-corrected chi connectivity index (χ2v) is 2.56. The predicted octanol–water partition coefficient (Wildman–Crippen LogP) is 0.956. The minimum absolute atomic E-state index is 0.0941. The topological polar surface area (TPSA) is 57.5 Å². The summed E-state index contributed by atoms with van der Waals surface area (Å²) in [5.74, 6) is -0.559. The highest BCUT2D eigenvalue weighted by Crippen LogP contribution is 2.17. The molecule has 0 aliphatic carbocycles. The van der Waals surface area contributed by atoms with Crippen LogP contribution in [0.3, 0.4) is 0 Å². The molecule has 0 aliphatic rings. The van der Waals surface area contributed by atoms with Crippen molar-refractivity contribution in [3.8, 4) is 5.75 Å². The standard InChI is InChI=1S/C9H10O3/c1-6(10)9(12)7-4-2-3-5-8(7)11/h2-6,10-11H,1H3. The van der Waals surface area contributed by atoms with Gasteiger partial charge in [0.05, 0.1) is 5.56 Å². The first-order chi connectivity index (χ1) is 5.63. The summed E-state index contributed by atoms with van der Waals surface area (Å²) in [7, 11) is 0. The van der Waals surface area contributed by atoms with E-state index in [1.54, 1.807) is 12.1 Å². The molecule has 64 valence electrons. The van der Waals surface area contributed by atoms with Crippen molar-refractivity contribution in [1.29, 1.82) is 0 Å². The first-order valence-corrected chi connectivity index (χ1v) is 3.63. The first kappa shape index (κ1) is 8.74. The van der Waals surface area contributed by atoms with Gasteiger partial charge in [-0.15, -0.1) is 0 Å². The van der Waals surface area contributed by atoms with Crippen molar-refractivity contribution >= 4 is 5.78 Å². The van der Waals surface area contributed by atoms with Crippen LogP contribution in [-0.4, -0.2) is 22.1 Å². The van der Waals surface area contributed by atoms with E-state index in [1.807, 2.05) is 0 Å². The second-order valence-electron chi connectivity index (χ2n) is 2.56. The van der Waals surface area contributed by atoms with Crippen LogP contribution in [0.2, 0.25) is 0 Å². The SMILES string of the molecule is CC(O)C(=O)c1ccccc1O. The van der Waals surface area contributed by atoms with Gasteiger partial charge in [0.2, 0.25) is 0 Å². The molecular formula is C9H10O3. The van der Waals surface area contributed by atoms with Crippen LogP contribution in [0.15, 0.2) is 24.3 Å².